The van der Waals surface area contributed by atoms with Crippen LogP contribution in [0, 0.1) is 0 Å². The summed E-state index contributed by atoms with van der Waals surface area (Å²) in [6.45, 7) is 1.36. The van der Waals surface area contributed by atoms with Crippen molar-refractivity contribution in [2.45, 2.75) is 13.0 Å². The lowest BCUT2D eigenvalue weighted by Gasteiger charge is -2.10. The quantitative estimate of drug-likeness (QED) is 0.238. The minimum absolute atomic E-state index is 0.230. The minimum atomic E-state index is 0.230. The highest BCUT2D eigenvalue weighted by atomic mass is 16.4. The van der Waals surface area contributed by atoms with Crippen LogP contribution in [0.5, 0.6) is 0 Å². The lowest BCUT2D eigenvalue weighted by Crippen LogP contribution is -2.22. The van der Waals surface area contributed by atoms with E-state index in [9.17, 15) is 0 Å². The molecule has 1 aromatic carbocycles. The van der Waals surface area contributed by atoms with E-state index in [0.29, 0.717) is 19.5 Å². The molecule has 1 heterocycles. The molecule has 1 aromatic heterocycles. The molecule has 0 aliphatic rings. The van der Waals surface area contributed by atoms with E-state index < -0.39 is 0 Å². The number of amidine groups is 1. The molecule has 0 bridgehead atoms. The predicted molar refractivity (Wildman–Crippen MR) is 73.3 cm³/mol. The zero-order valence-electron chi connectivity index (χ0n) is 10.5. The highest BCUT2D eigenvalue weighted by Gasteiger charge is 2.03. The van der Waals surface area contributed by atoms with Crippen molar-refractivity contribution in [3.8, 4) is 5.69 Å². The zero-order chi connectivity index (χ0) is 13.5. The summed E-state index contributed by atoms with van der Waals surface area (Å²) >= 11 is 0. The summed E-state index contributed by atoms with van der Waals surface area (Å²) in [5, 5.41) is 18.9. The first-order valence-corrected chi connectivity index (χ1v) is 6.06. The first-order valence-electron chi connectivity index (χ1n) is 6.06. The van der Waals surface area contributed by atoms with Crippen LogP contribution in [0.4, 0.5) is 0 Å². The number of nitrogens with zero attached hydrogens (tertiary/aromatic N) is 3. The van der Waals surface area contributed by atoms with Gasteiger partial charge in [0.05, 0.1) is 5.69 Å². The Kier molecular flexibility index (Phi) is 4.52. The van der Waals surface area contributed by atoms with Gasteiger partial charge in [-0.25, -0.2) is 4.68 Å². The number of para-hydroxylation sites is 1. The van der Waals surface area contributed by atoms with Crippen molar-refractivity contribution in [1.82, 2.24) is 15.1 Å². The van der Waals surface area contributed by atoms with Crippen LogP contribution in [0.1, 0.15) is 12.0 Å². The molecule has 0 radical (unpaired) electrons. The summed E-state index contributed by atoms with van der Waals surface area (Å²) < 4.78 is 1.83. The van der Waals surface area contributed by atoms with Gasteiger partial charge in [-0.3, -0.25) is 0 Å². The molecule has 0 aliphatic carbocycles. The van der Waals surface area contributed by atoms with Crippen LogP contribution in [-0.2, 0) is 6.54 Å². The third-order valence-electron chi connectivity index (χ3n) is 2.74. The van der Waals surface area contributed by atoms with E-state index in [-0.39, 0.29) is 5.84 Å². The van der Waals surface area contributed by atoms with Gasteiger partial charge in [-0.2, -0.15) is 5.10 Å². The van der Waals surface area contributed by atoms with E-state index in [1.165, 1.54) is 0 Å². The molecule has 0 saturated heterocycles. The van der Waals surface area contributed by atoms with E-state index in [1.807, 2.05) is 41.2 Å². The number of hydrogen-bond donors (Lipinski definition) is 3. The average molecular weight is 259 g/mol. The van der Waals surface area contributed by atoms with Gasteiger partial charge in [0, 0.05) is 31.9 Å². The standard InChI is InChI=1S/C13H17N5O/c14-13(17-19)6-8-15-10-11-4-1-2-5-12(11)18-9-3-7-16-18/h1-5,7,9,15,19H,6,8,10H2,(H2,14,17). The molecular weight excluding hydrogens is 242 g/mol. The summed E-state index contributed by atoms with van der Waals surface area (Å²) in [6, 6.07) is 9.94. The monoisotopic (exact) mass is 259 g/mol. The van der Waals surface area contributed by atoms with E-state index in [4.69, 9.17) is 10.9 Å². The molecule has 0 aliphatic heterocycles. The largest absolute Gasteiger partial charge is 0.409 e. The van der Waals surface area contributed by atoms with Crippen molar-refractivity contribution in [1.29, 1.82) is 0 Å². The van der Waals surface area contributed by atoms with Crippen LogP contribution < -0.4 is 11.1 Å². The van der Waals surface area contributed by atoms with Gasteiger partial charge in [0.25, 0.3) is 0 Å². The van der Waals surface area contributed by atoms with E-state index in [2.05, 4.69) is 15.6 Å². The second-order valence-electron chi connectivity index (χ2n) is 4.10. The summed E-state index contributed by atoms with van der Waals surface area (Å²) in [4.78, 5) is 0. The molecule has 0 spiro atoms. The molecule has 4 N–H and O–H groups in total. The number of benzene rings is 1. The number of rotatable bonds is 6. The Balaban J connectivity index is 1.97. The van der Waals surface area contributed by atoms with Crippen LogP contribution in [0.15, 0.2) is 47.9 Å². The Morgan fingerprint density at radius 3 is 2.95 bits per heavy atom. The first-order chi connectivity index (χ1) is 9.31. The number of nitrogens with one attached hydrogen (secondary N) is 1. The van der Waals surface area contributed by atoms with Gasteiger partial charge in [-0.15, -0.1) is 0 Å². The fraction of sp³-hybridized carbons (Fsp3) is 0.231. The SMILES string of the molecule is NC(CCNCc1ccccc1-n1cccn1)=NO. The number of aromatic nitrogens is 2. The molecule has 2 rings (SSSR count). The topological polar surface area (TPSA) is 88.5 Å². The van der Waals surface area contributed by atoms with Gasteiger partial charge in [0.1, 0.15) is 5.84 Å². The second kappa shape index (κ2) is 6.55. The van der Waals surface area contributed by atoms with Gasteiger partial charge >= 0.3 is 0 Å². The Hall–Kier alpha value is -2.34. The van der Waals surface area contributed by atoms with Gasteiger partial charge in [-0.1, -0.05) is 23.4 Å². The maximum absolute atomic E-state index is 8.44. The van der Waals surface area contributed by atoms with Crippen LogP contribution in [0.25, 0.3) is 5.69 Å². The van der Waals surface area contributed by atoms with E-state index >= 15 is 0 Å². The predicted octanol–water partition coefficient (Wildman–Crippen LogP) is 1.10. The molecule has 2 aromatic rings. The number of hydrogen-bond acceptors (Lipinski definition) is 4. The molecule has 6 nitrogen and oxygen atoms in total. The molecular formula is C13H17N5O. The second-order valence-corrected chi connectivity index (χ2v) is 4.10. The fourth-order valence-electron chi connectivity index (χ4n) is 1.78. The van der Waals surface area contributed by atoms with Crippen molar-refractivity contribution in [2.24, 2.45) is 10.9 Å². The molecule has 0 amide bonds. The van der Waals surface area contributed by atoms with Crippen molar-refractivity contribution >= 4 is 5.84 Å². The third-order valence-corrected chi connectivity index (χ3v) is 2.74. The summed E-state index contributed by atoms with van der Waals surface area (Å²) in [5.41, 5.74) is 7.59. The number of nitrogens with two attached hydrogens (primary N) is 1. The highest BCUT2D eigenvalue weighted by molar-refractivity contribution is 5.79. The molecule has 0 unspecified atom stereocenters. The molecule has 19 heavy (non-hydrogen) atoms. The zero-order valence-corrected chi connectivity index (χ0v) is 10.5. The maximum atomic E-state index is 8.44. The summed E-state index contributed by atoms with van der Waals surface area (Å²) in [6.07, 6.45) is 4.18. The normalized spacial score (nSPS) is 11.7. The first kappa shape index (κ1) is 13.1. The Labute approximate surface area is 111 Å². The summed E-state index contributed by atoms with van der Waals surface area (Å²) in [7, 11) is 0. The third kappa shape index (κ3) is 3.56. The number of oxime groups is 1. The molecule has 0 fully saturated rings. The molecule has 6 heteroatoms. The Morgan fingerprint density at radius 2 is 2.21 bits per heavy atom. The van der Waals surface area contributed by atoms with Gasteiger partial charge < -0.3 is 16.3 Å². The van der Waals surface area contributed by atoms with Gasteiger partial charge in [-0.05, 0) is 17.7 Å². The van der Waals surface area contributed by atoms with Gasteiger partial charge in [0.2, 0.25) is 0 Å². The van der Waals surface area contributed by atoms with Crippen LogP contribution in [0.2, 0.25) is 0 Å². The Morgan fingerprint density at radius 1 is 1.37 bits per heavy atom. The van der Waals surface area contributed by atoms with E-state index in [0.717, 1.165) is 11.3 Å². The maximum Gasteiger partial charge on any atom is 0.140 e. The van der Waals surface area contributed by atoms with Crippen LogP contribution in [0.3, 0.4) is 0 Å². The fourth-order valence-corrected chi connectivity index (χ4v) is 1.78. The Bertz CT molecular complexity index is 536. The average Bonchev–Trinajstić information content (AvgIpc) is 2.97. The minimum Gasteiger partial charge on any atom is -0.409 e. The van der Waals surface area contributed by atoms with Crippen LogP contribution >= 0.6 is 0 Å². The van der Waals surface area contributed by atoms with Crippen molar-refractivity contribution in [3.63, 3.8) is 0 Å². The summed E-state index contributed by atoms with van der Waals surface area (Å²) in [5.74, 6) is 0.230. The smallest absolute Gasteiger partial charge is 0.140 e. The van der Waals surface area contributed by atoms with Crippen LogP contribution in [-0.4, -0.2) is 27.4 Å². The molecule has 0 saturated carbocycles. The lowest BCUT2D eigenvalue weighted by molar-refractivity contribution is 0.316. The van der Waals surface area contributed by atoms with Crippen molar-refractivity contribution in [2.75, 3.05) is 6.54 Å². The van der Waals surface area contributed by atoms with Crippen molar-refractivity contribution in [3.05, 3.63) is 48.3 Å². The van der Waals surface area contributed by atoms with E-state index in [1.54, 1.807) is 6.20 Å². The highest BCUT2D eigenvalue weighted by Crippen LogP contribution is 2.12. The molecule has 100 valence electrons. The van der Waals surface area contributed by atoms with Gasteiger partial charge in [0.15, 0.2) is 0 Å². The van der Waals surface area contributed by atoms with Crippen molar-refractivity contribution < 1.29 is 5.21 Å². The molecule has 0 atom stereocenters. The lowest BCUT2D eigenvalue weighted by atomic mass is 10.1.